The zero-order valence-electron chi connectivity index (χ0n) is 12.3. The van der Waals surface area contributed by atoms with Crippen molar-refractivity contribution in [1.29, 1.82) is 0 Å². The van der Waals surface area contributed by atoms with Gasteiger partial charge in [0.05, 0.1) is 21.0 Å². The molecular formula is C17H14Cl2N2OS. The van der Waals surface area contributed by atoms with Crippen LogP contribution in [0.25, 0.3) is 0 Å². The van der Waals surface area contributed by atoms with Crippen molar-refractivity contribution >= 4 is 51.7 Å². The summed E-state index contributed by atoms with van der Waals surface area (Å²) in [5.41, 5.74) is 2.86. The first-order valence-corrected chi connectivity index (χ1v) is 8.72. The molecule has 3 rings (SSSR count). The van der Waals surface area contributed by atoms with E-state index in [0.29, 0.717) is 21.6 Å². The summed E-state index contributed by atoms with van der Waals surface area (Å²) >= 11 is 13.6. The van der Waals surface area contributed by atoms with E-state index in [1.807, 2.05) is 43.3 Å². The number of carbonyl (C=O) groups excluding carboxylic acids is 1. The zero-order chi connectivity index (χ0) is 16.4. The summed E-state index contributed by atoms with van der Waals surface area (Å²) < 4.78 is 0. The molecule has 0 aliphatic carbocycles. The first kappa shape index (κ1) is 16.4. The summed E-state index contributed by atoms with van der Waals surface area (Å²) in [7, 11) is 0. The van der Waals surface area contributed by atoms with Gasteiger partial charge in [-0.25, -0.2) is 4.99 Å². The lowest BCUT2D eigenvalue weighted by molar-refractivity contribution is -0.118. The first-order chi connectivity index (χ1) is 11.0. The molecule has 0 radical (unpaired) electrons. The number of aryl methyl sites for hydroxylation is 1. The van der Waals surface area contributed by atoms with Crippen molar-refractivity contribution in [2.75, 3.05) is 0 Å². The summed E-state index contributed by atoms with van der Waals surface area (Å²) in [6.45, 7) is 2.02. The van der Waals surface area contributed by atoms with Gasteiger partial charge >= 0.3 is 0 Å². The quantitative estimate of drug-likeness (QED) is 0.852. The van der Waals surface area contributed by atoms with Gasteiger partial charge in [-0.15, -0.1) is 0 Å². The topological polar surface area (TPSA) is 41.5 Å². The normalized spacial score (nSPS) is 19.2. The Bertz CT molecular complexity index is 775. The highest BCUT2D eigenvalue weighted by Crippen LogP contribution is 2.31. The van der Waals surface area contributed by atoms with E-state index in [-0.39, 0.29) is 11.2 Å². The highest BCUT2D eigenvalue weighted by molar-refractivity contribution is 8.15. The highest BCUT2D eigenvalue weighted by atomic mass is 35.5. The number of thioether (sulfide) groups is 1. The fraction of sp³-hybridized carbons (Fsp3) is 0.176. The Morgan fingerprint density at radius 1 is 1.17 bits per heavy atom. The van der Waals surface area contributed by atoms with E-state index in [4.69, 9.17) is 23.2 Å². The minimum absolute atomic E-state index is 0.0584. The summed E-state index contributed by atoms with van der Waals surface area (Å²) in [4.78, 5) is 16.6. The molecule has 1 N–H and O–H groups in total. The molecule has 0 bridgehead atoms. The Morgan fingerprint density at radius 3 is 2.65 bits per heavy atom. The molecule has 23 heavy (non-hydrogen) atoms. The second-order valence-corrected chi connectivity index (χ2v) is 7.24. The largest absolute Gasteiger partial charge is 0.304 e. The molecule has 0 spiro atoms. The molecular weight excluding hydrogens is 351 g/mol. The Morgan fingerprint density at radius 2 is 1.91 bits per heavy atom. The molecule has 0 unspecified atom stereocenters. The van der Waals surface area contributed by atoms with Crippen LogP contribution in [0.1, 0.15) is 11.1 Å². The number of aliphatic imine (C=N–C) groups is 1. The number of nitrogens with one attached hydrogen (secondary N) is 1. The Kier molecular flexibility index (Phi) is 4.95. The summed E-state index contributed by atoms with van der Waals surface area (Å²) in [5, 5.41) is 4.18. The van der Waals surface area contributed by atoms with Crippen molar-refractivity contribution in [1.82, 2.24) is 5.32 Å². The fourth-order valence-corrected chi connectivity index (χ4v) is 3.65. The highest BCUT2D eigenvalue weighted by Gasteiger charge is 2.31. The van der Waals surface area contributed by atoms with Crippen LogP contribution in [0.15, 0.2) is 47.5 Å². The predicted octanol–water partition coefficient (Wildman–Crippen LogP) is 4.76. The van der Waals surface area contributed by atoms with Gasteiger partial charge in [0.2, 0.25) is 5.91 Å². The van der Waals surface area contributed by atoms with Crippen LogP contribution in [0.3, 0.4) is 0 Å². The molecule has 1 amide bonds. The lowest BCUT2D eigenvalue weighted by Gasteiger charge is -2.08. The molecule has 3 nitrogen and oxygen atoms in total. The minimum atomic E-state index is -0.254. The van der Waals surface area contributed by atoms with E-state index in [1.54, 1.807) is 6.07 Å². The average molecular weight is 365 g/mol. The molecule has 1 aliphatic heterocycles. The van der Waals surface area contributed by atoms with Gasteiger partial charge in [-0.3, -0.25) is 4.79 Å². The lowest BCUT2D eigenvalue weighted by Crippen LogP contribution is -2.26. The monoisotopic (exact) mass is 364 g/mol. The van der Waals surface area contributed by atoms with Crippen LogP contribution in [0.4, 0.5) is 5.69 Å². The molecule has 2 aromatic rings. The average Bonchev–Trinajstić information content (AvgIpc) is 2.86. The molecule has 0 aromatic heterocycles. The lowest BCUT2D eigenvalue weighted by atomic mass is 10.1. The minimum Gasteiger partial charge on any atom is -0.304 e. The standard InChI is InChI=1S/C17H14Cl2N2OS/c1-10-5-7-12(8-6-10)20-17-21-16(22)14(23-17)9-11-3-2-4-13(18)15(11)19/h2-8,14H,9H2,1H3,(H,20,21,22)/t14-/m0/s1. The first-order valence-electron chi connectivity index (χ1n) is 7.08. The van der Waals surface area contributed by atoms with Gasteiger partial charge in [0.25, 0.3) is 0 Å². The van der Waals surface area contributed by atoms with E-state index >= 15 is 0 Å². The maximum Gasteiger partial charge on any atom is 0.239 e. The number of hydrogen-bond acceptors (Lipinski definition) is 3. The number of halogens is 2. The smallest absolute Gasteiger partial charge is 0.239 e. The van der Waals surface area contributed by atoms with E-state index < -0.39 is 0 Å². The molecule has 6 heteroatoms. The number of carbonyl (C=O) groups is 1. The third-order valence-corrected chi connectivity index (χ3v) is 5.42. The van der Waals surface area contributed by atoms with Gasteiger partial charge in [0.15, 0.2) is 5.17 Å². The maximum atomic E-state index is 12.1. The number of amides is 1. The summed E-state index contributed by atoms with van der Waals surface area (Å²) in [6, 6.07) is 13.3. The van der Waals surface area contributed by atoms with Gasteiger partial charge in [-0.1, -0.05) is 64.8 Å². The SMILES string of the molecule is Cc1ccc(N=C2NC(=O)[C@H](Cc3cccc(Cl)c3Cl)S2)cc1. The molecule has 2 aromatic carbocycles. The zero-order valence-corrected chi connectivity index (χ0v) is 14.7. The maximum absolute atomic E-state index is 12.1. The van der Waals surface area contributed by atoms with Crippen LogP contribution in [-0.4, -0.2) is 16.3 Å². The molecule has 1 saturated heterocycles. The van der Waals surface area contributed by atoms with Crippen LogP contribution < -0.4 is 5.32 Å². The van der Waals surface area contributed by atoms with Crippen molar-refractivity contribution in [2.45, 2.75) is 18.6 Å². The van der Waals surface area contributed by atoms with Crippen LogP contribution in [0.5, 0.6) is 0 Å². The molecule has 1 atom stereocenters. The van der Waals surface area contributed by atoms with E-state index in [2.05, 4.69) is 10.3 Å². The fourth-order valence-electron chi connectivity index (χ4n) is 2.23. The van der Waals surface area contributed by atoms with E-state index in [0.717, 1.165) is 11.3 Å². The molecule has 0 saturated carbocycles. The molecule has 1 fully saturated rings. The van der Waals surface area contributed by atoms with Crippen LogP contribution in [0, 0.1) is 6.92 Å². The van der Waals surface area contributed by atoms with Gasteiger partial charge in [0.1, 0.15) is 0 Å². The molecule has 118 valence electrons. The number of nitrogens with zero attached hydrogens (tertiary/aromatic N) is 1. The van der Waals surface area contributed by atoms with Crippen LogP contribution >= 0.6 is 35.0 Å². The van der Waals surface area contributed by atoms with Crippen molar-refractivity contribution in [3.05, 3.63) is 63.6 Å². The second kappa shape index (κ2) is 6.95. The third-order valence-electron chi connectivity index (χ3n) is 3.48. The van der Waals surface area contributed by atoms with Gasteiger partial charge in [-0.2, -0.15) is 0 Å². The van der Waals surface area contributed by atoms with Crippen molar-refractivity contribution in [2.24, 2.45) is 4.99 Å². The second-order valence-electron chi connectivity index (χ2n) is 5.27. The van der Waals surface area contributed by atoms with Gasteiger partial charge < -0.3 is 5.32 Å². The molecule has 1 aliphatic rings. The van der Waals surface area contributed by atoms with E-state index in [1.165, 1.54) is 17.3 Å². The van der Waals surface area contributed by atoms with Crippen molar-refractivity contribution in [3.8, 4) is 0 Å². The van der Waals surface area contributed by atoms with Crippen molar-refractivity contribution in [3.63, 3.8) is 0 Å². The number of amidine groups is 1. The number of hydrogen-bond donors (Lipinski definition) is 1. The van der Waals surface area contributed by atoms with Gasteiger partial charge in [-0.05, 0) is 37.1 Å². The third kappa shape index (κ3) is 3.89. The molecule has 1 heterocycles. The number of benzene rings is 2. The Labute approximate surface area is 149 Å². The van der Waals surface area contributed by atoms with Crippen LogP contribution in [-0.2, 0) is 11.2 Å². The predicted molar refractivity (Wildman–Crippen MR) is 98.0 cm³/mol. The number of rotatable bonds is 3. The Hall–Kier alpha value is -1.49. The Balaban J connectivity index is 1.75. The van der Waals surface area contributed by atoms with Gasteiger partial charge in [0, 0.05) is 0 Å². The summed E-state index contributed by atoms with van der Waals surface area (Å²) in [6.07, 6.45) is 0.517. The van der Waals surface area contributed by atoms with Crippen LogP contribution in [0.2, 0.25) is 10.0 Å². The summed E-state index contributed by atoms with van der Waals surface area (Å²) in [5.74, 6) is -0.0584. The van der Waals surface area contributed by atoms with E-state index in [9.17, 15) is 4.79 Å². The van der Waals surface area contributed by atoms with Crippen molar-refractivity contribution < 1.29 is 4.79 Å².